The summed E-state index contributed by atoms with van der Waals surface area (Å²) >= 11 is 0. The molecule has 2 rings (SSSR count). The summed E-state index contributed by atoms with van der Waals surface area (Å²) in [5, 5.41) is 0. The van der Waals surface area contributed by atoms with E-state index >= 15 is 0 Å². The summed E-state index contributed by atoms with van der Waals surface area (Å²) in [6, 6.07) is 0. The van der Waals surface area contributed by atoms with Crippen molar-refractivity contribution in [2.45, 2.75) is 11.3 Å². The lowest BCUT2D eigenvalue weighted by Gasteiger charge is -2.19. The predicted molar refractivity (Wildman–Crippen MR) is 54.0 cm³/mol. The Bertz CT molecular complexity index is 307. The van der Waals surface area contributed by atoms with Gasteiger partial charge in [0.15, 0.2) is 0 Å². The Morgan fingerprint density at radius 1 is 0.846 bits per heavy atom. The van der Waals surface area contributed by atoms with Gasteiger partial charge >= 0.3 is 0 Å². The van der Waals surface area contributed by atoms with Crippen LogP contribution in [0.1, 0.15) is 0 Å². The quantitative estimate of drug-likeness (QED) is 0.684. The zero-order valence-electron chi connectivity index (χ0n) is 7.08. The predicted octanol–water partition coefficient (Wildman–Crippen LogP) is 2.25. The van der Waals surface area contributed by atoms with Crippen molar-refractivity contribution in [1.82, 2.24) is 0 Å². The first-order valence-electron chi connectivity index (χ1n) is 4.23. The van der Waals surface area contributed by atoms with E-state index in [0.29, 0.717) is 0 Å². The van der Waals surface area contributed by atoms with Crippen molar-refractivity contribution in [2.24, 2.45) is 0 Å². The second kappa shape index (κ2) is 3.13. The smallest absolute Gasteiger partial charge is 0.221 e. The maximum atomic E-state index is 12.0. The van der Waals surface area contributed by atoms with Crippen molar-refractivity contribution < 1.29 is 9.46 Å². The monoisotopic (exact) mass is 194 g/mol. The second-order valence-corrected chi connectivity index (χ2v) is 5.73. The van der Waals surface area contributed by atoms with Gasteiger partial charge < -0.3 is 4.89 Å². The molecule has 0 saturated carbocycles. The molecule has 0 atom stereocenters. The van der Waals surface area contributed by atoms with Crippen LogP contribution < -0.4 is 0 Å². The van der Waals surface area contributed by atoms with Gasteiger partial charge in [0.05, 0.1) is 11.3 Å². The van der Waals surface area contributed by atoms with Crippen LogP contribution in [0.2, 0.25) is 0 Å². The maximum Gasteiger partial charge on any atom is 0.221 e. The number of allylic oxidation sites excluding steroid dienone is 8. The van der Waals surface area contributed by atoms with Gasteiger partial charge in [-0.2, -0.15) is 0 Å². The third-order valence-corrected chi connectivity index (χ3v) is 4.71. The molecule has 13 heavy (non-hydrogen) atoms. The molecule has 0 heterocycles. The van der Waals surface area contributed by atoms with Crippen LogP contribution in [-0.4, -0.2) is 16.2 Å². The van der Waals surface area contributed by atoms with E-state index in [-0.39, 0.29) is 11.3 Å². The topological polar surface area (TPSA) is 37.3 Å². The summed E-state index contributed by atoms with van der Waals surface area (Å²) in [5.41, 5.74) is -0.602. The molecule has 0 amide bonds. The molecule has 1 N–H and O–H groups in total. The summed E-state index contributed by atoms with van der Waals surface area (Å²) in [6.45, 7) is 0. The molecule has 0 unspecified atom stereocenters. The Morgan fingerprint density at radius 3 is 1.46 bits per heavy atom. The minimum atomic E-state index is -3.14. The highest BCUT2D eigenvalue weighted by atomic mass is 31.2. The maximum absolute atomic E-state index is 12.0. The van der Waals surface area contributed by atoms with Crippen molar-refractivity contribution in [3.05, 3.63) is 48.6 Å². The van der Waals surface area contributed by atoms with Crippen molar-refractivity contribution in [2.75, 3.05) is 0 Å². The minimum Gasteiger partial charge on any atom is -0.343 e. The van der Waals surface area contributed by atoms with E-state index in [4.69, 9.17) is 0 Å². The summed E-state index contributed by atoms with van der Waals surface area (Å²) < 4.78 is 12.0. The fourth-order valence-electron chi connectivity index (χ4n) is 1.53. The molecule has 0 aromatic heterocycles. The summed E-state index contributed by atoms with van der Waals surface area (Å²) in [6.07, 6.45) is 14.4. The first-order chi connectivity index (χ1) is 6.21. The van der Waals surface area contributed by atoms with E-state index in [1.807, 2.05) is 24.3 Å². The van der Waals surface area contributed by atoms with Crippen LogP contribution in [0.25, 0.3) is 0 Å². The Kier molecular flexibility index (Phi) is 2.10. The summed E-state index contributed by atoms with van der Waals surface area (Å²) in [5.74, 6) is 0. The molecule has 0 spiro atoms. The van der Waals surface area contributed by atoms with Gasteiger partial charge in [-0.3, -0.25) is 4.57 Å². The summed E-state index contributed by atoms with van der Waals surface area (Å²) in [4.78, 5) is 9.86. The largest absolute Gasteiger partial charge is 0.343 e. The Hall–Kier alpha value is -0.850. The highest BCUT2D eigenvalue weighted by Crippen LogP contribution is 2.55. The van der Waals surface area contributed by atoms with Crippen LogP contribution in [0.5, 0.6) is 0 Å². The molecule has 3 heteroatoms. The molecular weight excluding hydrogens is 183 g/mol. The molecule has 0 bridgehead atoms. The molecule has 0 fully saturated rings. The van der Waals surface area contributed by atoms with E-state index in [2.05, 4.69) is 0 Å². The van der Waals surface area contributed by atoms with Gasteiger partial charge in [-0.25, -0.2) is 0 Å². The van der Waals surface area contributed by atoms with Gasteiger partial charge in [-0.1, -0.05) is 48.6 Å². The van der Waals surface area contributed by atoms with Crippen molar-refractivity contribution in [3.8, 4) is 0 Å². The summed E-state index contributed by atoms with van der Waals surface area (Å²) in [7, 11) is -3.14. The van der Waals surface area contributed by atoms with E-state index in [1.54, 1.807) is 24.3 Å². The first kappa shape index (κ1) is 8.74. The molecule has 68 valence electrons. The lowest BCUT2D eigenvalue weighted by Crippen LogP contribution is -2.09. The molecule has 0 aromatic rings. The van der Waals surface area contributed by atoms with Crippen LogP contribution >= 0.6 is 7.37 Å². The molecule has 2 aliphatic carbocycles. The first-order valence-corrected chi connectivity index (χ1v) is 6.03. The van der Waals surface area contributed by atoms with Crippen LogP contribution in [0.3, 0.4) is 0 Å². The van der Waals surface area contributed by atoms with Gasteiger partial charge in [0.2, 0.25) is 7.37 Å². The fraction of sp³-hybridized carbons (Fsp3) is 0.200. The van der Waals surface area contributed by atoms with Crippen molar-refractivity contribution in [1.29, 1.82) is 0 Å². The van der Waals surface area contributed by atoms with Crippen LogP contribution in [0.4, 0.5) is 0 Å². The van der Waals surface area contributed by atoms with Gasteiger partial charge in [0.25, 0.3) is 0 Å². The standard InChI is InChI=1S/C10H11O2P/c11-13(12,9-5-1-2-6-9)10-7-3-4-8-10/h1-10H,(H,11,12). The van der Waals surface area contributed by atoms with E-state index < -0.39 is 7.37 Å². The molecular formula is C10H11O2P. The van der Waals surface area contributed by atoms with Gasteiger partial charge in [-0.05, 0) is 0 Å². The lowest BCUT2D eigenvalue weighted by atomic mass is 10.4. The molecule has 0 aliphatic heterocycles. The minimum absolute atomic E-state index is 0.301. The third-order valence-electron chi connectivity index (χ3n) is 2.31. The van der Waals surface area contributed by atoms with Gasteiger partial charge in [0.1, 0.15) is 0 Å². The SMILES string of the molecule is O=P(O)(C1C=CC=C1)C1C=CC=C1. The van der Waals surface area contributed by atoms with Crippen molar-refractivity contribution in [3.63, 3.8) is 0 Å². The Labute approximate surface area is 77.4 Å². The highest BCUT2D eigenvalue weighted by molar-refractivity contribution is 7.60. The average Bonchev–Trinajstić information content (AvgIpc) is 2.78. The lowest BCUT2D eigenvalue weighted by molar-refractivity contribution is 0.473. The normalized spacial score (nSPS) is 22.2. The van der Waals surface area contributed by atoms with Gasteiger partial charge in [0, 0.05) is 0 Å². The Morgan fingerprint density at radius 2 is 1.15 bits per heavy atom. The zero-order chi connectivity index (χ0) is 9.31. The third kappa shape index (κ3) is 1.48. The van der Waals surface area contributed by atoms with E-state index in [1.165, 1.54) is 0 Å². The Balaban J connectivity index is 2.24. The number of rotatable bonds is 2. The average molecular weight is 194 g/mol. The molecule has 2 nitrogen and oxygen atoms in total. The molecule has 0 radical (unpaired) electrons. The van der Waals surface area contributed by atoms with E-state index in [9.17, 15) is 9.46 Å². The zero-order valence-corrected chi connectivity index (χ0v) is 7.97. The van der Waals surface area contributed by atoms with Gasteiger partial charge in [-0.15, -0.1) is 0 Å². The molecule has 0 aromatic carbocycles. The van der Waals surface area contributed by atoms with Crippen molar-refractivity contribution >= 4 is 7.37 Å². The fourth-order valence-corrected chi connectivity index (χ4v) is 3.31. The van der Waals surface area contributed by atoms with Crippen LogP contribution in [-0.2, 0) is 4.57 Å². The molecule has 0 saturated heterocycles. The molecule has 2 aliphatic rings. The van der Waals surface area contributed by atoms with Crippen LogP contribution in [0.15, 0.2) is 48.6 Å². The highest BCUT2D eigenvalue weighted by Gasteiger charge is 2.34. The second-order valence-electron chi connectivity index (χ2n) is 3.19. The van der Waals surface area contributed by atoms with E-state index in [0.717, 1.165) is 0 Å². The van der Waals surface area contributed by atoms with Crippen LogP contribution in [0, 0.1) is 0 Å². The number of hydrogen-bond donors (Lipinski definition) is 1. The number of hydrogen-bond acceptors (Lipinski definition) is 1.